The molecule has 9 heteroatoms. The minimum atomic E-state index is -0.564. The summed E-state index contributed by atoms with van der Waals surface area (Å²) in [5, 5.41) is 4.83. The second-order valence-electron chi connectivity index (χ2n) is 6.65. The third kappa shape index (κ3) is 4.61. The fourth-order valence-corrected chi connectivity index (χ4v) is 3.88. The summed E-state index contributed by atoms with van der Waals surface area (Å²) in [5.41, 5.74) is 2.72. The Bertz CT molecular complexity index is 1130. The molecule has 160 valence electrons. The monoisotopic (exact) mass is 440 g/mol. The van der Waals surface area contributed by atoms with E-state index in [0.29, 0.717) is 34.5 Å². The number of anilines is 1. The van der Waals surface area contributed by atoms with Crippen LogP contribution in [-0.2, 0) is 16.0 Å². The van der Waals surface area contributed by atoms with Crippen molar-refractivity contribution in [1.29, 1.82) is 0 Å². The van der Waals surface area contributed by atoms with Gasteiger partial charge in [0.25, 0.3) is 5.91 Å². The molecular formula is C22H20N2O6S. The second-order valence-corrected chi connectivity index (χ2v) is 7.51. The van der Waals surface area contributed by atoms with Crippen molar-refractivity contribution in [2.75, 3.05) is 32.8 Å². The number of hydrogen-bond acceptors (Lipinski definition) is 8. The zero-order chi connectivity index (χ0) is 21.8. The number of esters is 1. The van der Waals surface area contributed by atoms with Crippen molar-refractivity contribution in [2.24, 2.45) is 0 Å². The van der Waals surface area contributed by atoms with Crippen molar-refractivity contribution in [3.05, 3.63) is 52.9 Å². The molecule has 1 aromatic heterocycles. The number of fused-ring (bicyclic) bond motifs is 1. The molecule has 0 saturated heterocycles. The van der Waals surface area contributed by atoms with Crippen molar-refractivity contribution >= 4 is 28.3 Å². The molecule has 1 amide bonds. The predicted octanol–water partition coefficient (Wildman–Crippen LogP) is 3.56. The van der Waals surface area contributed by atoms with Crippen LogP contribution in [0, 0.1) is 0 Å². The molecule has 31 heavy (non-hydrogen) atoms. The molecule has 1 aliphatic heterocycles. The molecule has 2 aromatic carbocycles. The fourth-order valence-electron chi connectivity index (χ4n) is 3.15. The number of nitrogens with one attached hydrogen (secondary N) is 1. The van der Waals surface area contributed by atoms with E-state index in [2.05, 4.69) is 10.3 Å². The maximum absolute atomic E-state index is 12.2. The number of amides is 1. The molecule has 8 nitrogen and oxygen atoms in total. The van der Waals surface area contributed by atoms with Crippen LogP contribution < -0.4 is 19.5 Å². The molecule has 0 fully saturated rings. The number of nitrogens with zero attached hydrogens (tertiary/aromatic N) is 1. The Morgan fingerprint density at radius 1 is 1.16 bits per heavy atom. The summed E-state index contributed by atoms with van der Waals surface area (Å²) < 4.78 is 21.2. The molecule has 0 spiro atoms. The molecule has 1 aliphatic rings. The SMILES string of the molecule is COc1ccc(OC)c(-c2csc(NC(=O)COC(=O)c3ccc4c(c3)CCO4)n2)c1. The number of methoxy groups -OCH3 is 2. The van der Waals surface area contributed by atoms with Crippen molar-refractivity contribution < 1.29 is 28.5 Å². The van der Waals surface area contributed by atoms with Gasteiger partial charge >= 0.3 is 5.97 Å². The van der Waals surface area contributed by atoms with Crippen LogP contribution in [0.3, 0.4) is 0 Å². The Morgan fingerprint density at radius 2 is 2.03 bits per heavy atom. The van der Waals surface area contributed by atoms with Crippen LogP contribution in [0.2, 0.25) is 0 Å². The van der Waals surface area contributed by atoms with Gasteiger partial charge in [0, 0.05) is 17.4 Å². The maximum atomic E-state index is 12.2. The summed E-state index contributed by atoms with van der Waals surface area (Å²) in [4.78, 5) is 28.9. The van der Waals surface area contributed by atoms with E-state index in [-0.39, 0.29) is 0 Å². The maximum Gasteiger partial charge on any atom is 0.338 e. The molecule has 3 aromatic rings. The first kappa shape index (κ1) is 20.7. The summed E-state index contributed by atoms with van der Waals surface area (Å²) in [5.74, 6) is 1.04. The smallest absolute Gasteiger partial charge is 0.338 e. The minimum Gasteiger partial charge on any atom is -0.497 e. The summed E-state index contributed by atoms with van der Waals surface area (Å²) in [6.07, 6.45) is 0.751. The van der Waals surface area contributed by atoms with Gasteiger partial charge in [0.2, 0.25) is 0 Å². The molecule has 0 radical (unpaired) electrons. The topological polar surface area (TPSA) is 96.0 Å². The molecule has 0 aliphatic carbocycles. The first-order valence-corrected chi connectivity index (χ1v) is 10.4. The quantitative estimate of drug-likeness (QED) is 0.561. The number of aromatic nitrogens is 1. The summed E-state index contributed by atoms with van der Waals surface area (Å²) in [7, 11) is 3.15. The van der Waals surface area contributed by atoms with Crippen LogP contribution in [-0.4, -0.2) is 44.3 Å². The van der Waals surface area contributed by atoms with Gasteiger partial charge in [-0.15, -0.1) is 11.3 Å². The second kappa shape index (κ2) is 9.05. The van der Waals surface area contributed by atoms with Gasteiger partial charge in [0.15, 0.2) is 11.7 Å². The van der Waals surface area contributed by atoms with E-state index in [1.54, 1.807) is 49.9 Å². The summed E-state index contributed by atoms with van der Waals surface area (Å²) in [6, 6.07) is 10.5. The highest BCUT2D eigenvalue weighted by Gasteiger charge is 2.17. The Kier molecular flexibility index (Phi) is 6.03. The van der Waals surface area contributed by atoms with Gasteiger partial charge in [-0.1, -0.05) is 0 Å². The molecule has 4 rings (SSSR count). The van der Waals surface area contributed by atoms with Crippen LogP contribution >= 0.6 is 11.3 Å². The Labute approximate surface area is 182 Å². The third-order valence-electron chi connectivity index (χ3n) is 4.69. The highest BCUT2D eigenvalue weighted by atomic mass is 32.1. The predicted molar refractivity (Wildman–Crippen MR) is 115 cm³/mol. The highest BCUT2D eigenvalue weighted by molar-refractivity contribution is 7.14. The van der Waals surface area contributed by atoms with Crippen molar-refractivity contribution in [1.82, 2.24) is 4.98 Å². The first-order valence-electron chi connectivity index (χ1n) is 9.48. The average Bonchev–Trinajstić information content (AvgIpc) is 3.45. The van der Waals surface area contributed by atoms with Gasteiger partial charge in [-0.2, -0.15) is 0 Å². The molecule has 0 saturated carbocycles. The lowest BCUT2D eigenvalue weighted by atomic mass is 10.1. The van der Waals surface area contributed by atoms with Crippen LogP contribution in [0.1, 0.15) is 15.9 Å². The minimum absolute atomic E-state index is 0.385. The zero-order valence-electron chi connectivity index (χ0n) is 17.0. The lowest BCUT2D eigenvalue weighted by Gasteiger charge is -2.08. The van der Waals surface area contributed by atoms with Crippen LogP contribution in [0.15, 0.2) is 41.8 Å². The Hall–Kier alpha value is -3.59. The van der Waals surface area contributed by atoms with Crippen LogP contribution in [0.4, 0.5) is 5.13 Å². The summed E-state index contributed by atoms with van der Waals surface area (Å²) >= 11 is 1.26. The lowest BCUT2D eigenvalue weighted by molar-refractivity contribution is -0.119. The summed E-state index contributed by atoms with van der Waals surface area (Å²) in [6.45, 7) is 0.192. The van der Waals surface area contributed by atoms with Gasteiger partial charge in [-0.3, -0.25) is 10.1 Å². The van der Waals surface area contributed by atoms with Crippen molar-refractivity contribution in [2.45, 2.75) is 6.42 Å². The largest absolute Gasteiger partial charge is 0.497 e. The van der Waals surface area contributed by atoms with E-state index in [9.17, 15) is 9.59 Å². The van der Waals surface area contributed by atoms with E-state index in [0.717, 1.165) is 23.3 Å². The number of carbonyl (C=O) groups is 2. The van der Waals surface area contributed by atoms with Gasteiger partial charge in [0.05, 0.1) is 32.1 Å². The van der Waals surface area contributed by atoms with Gasteiger partial charge in [-0.25, -0.2) is 9.78 Å². The Balaban J connectivity index is 1.37. The normalized spacial score (nSPS) is 11.9. The van der Waals surface area contributed by atoms with E-state index >= 15 is 0 Å². The highest BCUT2D eigenvalue weighted by Crippen LogP contribution is 2.35. The molecule has 0 bridgehead atoms. The zero-order valence-corrected chi connectivity index (χ0v) is 17.8. The molecule has 1 N–H and O–H groups in total. The van der Waals surface area contributed by atoms with Crippen LogP contribution in [0.5, 0.6) is 17.2 Å². The standard InChI is InChI=1S/C22H20N2O6S/c1-27-15-4-6-19(28-2)16(10-15)17-12-31-22(23-17)24-20(25)11-30-21(26)14-3-5-18-13(9-14)7-8-29-18/h3-6,9-10,12H,7-8,11H2,1-2H3,(H,23,24,25). The average molecular weight is 440 g/mol. The van der Waals surface area contributed by atoms with E-state index in [1.807, 2.05) is 6.07 Å². The number of benzene rings is 2. The lowest BCUT2D eigenvalue weighted by Crippen LogP contribution is -2.20. The molecule has 2 heterocycles. The van der Waals surface area contributed by atoms with Crippen molar-refractivity contribution in [3.8, 4) is 28.5 Å². The number of ether oxygens (including phenoxy) is 4. The van der Waals surface area contributed by atoms with Crippen LogP contribution in [0.25, 0.3) is 11.3 Å². The first-order chi connectivity index (χ1) is 15.1. The van der Waals surface area contributed by atoms with Gasteiger partial charge in [-0.05, 0) is 42.0 Å². The third-order valence-corrected chi connectivity index (χ3v) is 5.45. The molecule has 0 atom stereocenters. The van der Waals surface area contributed by atoms with E-state index in [4.69, 9.17) is 18.9 Å². The van der Waals surface area contributed by atoms with Gasteiger partial charge in [0.1, 0.15) is 17.2 Å². The number of rotatable bonds is 7. The van der Waals surface area contributed by atoms with E-state index < -0.39 is 18.5 Å². The number of hydrogen-bond donors (Lipinski definition) is 1. The molecule has 0 unspecified atom stereocenters. The number of thiazole rings is 1. The van der Waals surface area contributed by atoms with Crippen molar-refractivity contribution in [3.63, 3.8) is 0 Å². The van der Waals surface area contributed by atoms with E-state index in [1.165, 1.54) is 11.3 Å². The fraction of sp³-hybridized carbons (Fsp3) is 0.227. The van der Waals surface area contributed by atoms with Gasteiger partial charge < -0.3 is 18.9 Å². The Morgan fingerprint density at radius 3 is 2.84 bits per heavy atom. The molecular weight excluding hydrogens is 420 g/mol. The number of carbonyl (C=O) groups excluding carboxylic acids is 2.